The van der Waals surface area contributed by atoms with E-state index in [1.54, 1.807) is 0 Å². The van der Waals surface area contributed by atoms with Crippen LogP contribution in [-0.4, -0.2) is 17.3 Å². The zero-order chi connectivity index (χ0) is 14.3. The average molecular weight is 291 g/mol. The van der Waals surface area contributed by atoms with E-state index in [1.807, 2.05) is 0 Å². The van der Waals surface area contributed by atoms with Gasteiger partial charge in [0.05, 0.1) is 5.41 Å². The molecule has 2 nitrogen and oxygen atoms in total. The first kappa shape index (κ1) is 13.9. The molecule has 0 radical (unpaired) electrons. The Morgan fingerprint density at radius 2 is 1.79 bits per heavy atom. The molecule has 0 aromatic heterocycles. The third kappa shape index (κ3) is 2.61. The monoisotopic (exact) mass is 290 g/mol. The molecule has 0 spiro atoms. The van der Waals surface area contributed by atoms with Crippen LogP contribution < -0.4 is 0 Å². The second-order valence-corrected chi connectivity index (χ2v) is 4.92. The highest BCUT2D eigenvalue weighted by Crippen LogP contribution is 2.64. The van der Waals surface area contributed by atoms with E-state index in [9.17, 15) is 18.0 Å². The molecule has 1 fully saturated rings. The van der Waals surface area contributed by atoms with Crippen LogP contribution in [0.1, 0.15) is 18.4 Å². The van der Waals surface area contributed by atoms with Gasteiger partial charge in [-0.2, -0.15) is 13.2 Å². The van der Waals surface area contributed by atoms with Crippen molar-refractivity contribution >= 4 is 23.1 Å². The van der Waals surface area contributed by atoms with Gasteiger partial charge in [0.15, 0.2) is 0 Å². The van der Waals surface area contributed by atoms with Gasteiger partial charge in [-0.05, 0) is 36.1 Å². The van der Waals surface area contributed by atoms with Crippen molar-refractivity contribution in [3.05, 3.63) is 40.9 Å². The summed E-state index contributed by atoms with van der Waals surface area (Å²) < 4.78 is 39.3. The molecule has 0 unspecified atom stereocenters. The van der Waals surface area contributed by atoms with Crippen LogP contribution in [-0.2, 0) is 4.79 Å². The van der Waals surface area contributed by atoms with Crippen molar-refractivity contribution in [1.82, 2.24) is 0 Å². The molecule has 1 aliphatic rings. The van der Waals surface area contributed by atoms with E-state index in [-0.39, 0.29) is 24.0 Å². The zero-order valence-electron chi connectivity index (χ0n) is 9.67. The van der Waals surface area contributed by atoms with Gasteiger partial charge in [-0.1, -0.05) is 23.7 Å². The van der Waals surface area contributed by atoms with Crippen LogP contribution in [0.4, 0.5) is 13.2 Å². The van der Waals surface area contributed by atoms with Crippen LogP contribution in [0.5, 0.6) is 0 Å². The van der Waals surface area contributed by atoms with E-state index in [1.165, 1.54) is 24.3 Å². The molecule has 0 atom stereocenters. The van der Waals surface area contributed by atoms with Crippen molar-refractivity contribution in [1.29, 1.82) is 0 Å². The summed E-state index contributed by atoms with van der Waals surface area (Å²) in [6.07, 6.45) is -3.98. The average Bonchev–Trinajstić information content (AvgIpc) is 3.07. The van der Waals surface area contributed by atoms with Gasteiger partial charge < -0.3 is 5.11 Å². The normalized spacial score (nSPS) is 18.2. The maximum Gasteiger partial charge on any atom is 0.398 e. The summed E-state index contributed by atoms with van der Waals surface area (Å²) in [5.41, 5.74) is -2.00. The topological polar surface area (TPSA) is 37.3 Å². The Labute approximate surface area is 112 Å². The molecule has 0 amide bonds. The van der Waals surface area contributed by atoms with Crippen molar-refractivity contribution in [2.75, 3.05) is 0 Å². The van der Waals surface area contributed by atoms with Crippen LogP contribution >= 0.6 is 11.6 Å². The number of allylic oxidation sites excluding steroid dienone is 1. The number of carboxylic acid groups (broad SMARTS) is 1. The lowest BCUT2D eigenvalue weighted by atomic mass is 9.88. The molecule has 1 saturated carbocycles. The van der Waals surface area contributed by atoms with E-state index in [0.717, 1.165) is 0 Å². The molecule has 0 bridgehead atoms. The molecular formula is C13H10ClF3O2. The fourth-order valence-corrected chi connectivity index (χ4v) is 2.21. The number of benzene rings is 1. The maximum atomic E-state index is 13.1. The Bertz CT molecular complexity index is 528. The van der Waals surface area contributed by atoms with Crippen LogP contribution in [0, 0.1) is 5.41 Å². The zero-order valence-corrected chi connectivity index (χ0v) is 10.4. The van der Waals surface area contributed by atoms with Crippen molar-refractivity contribution < 1.29 is 23.1 Å². The summed E-state index contributed by atoms with van der Waals surface area (Å²) in [4.78, 5) is 10.8. The van der Waals surface area contributed by atoms with Gasteiger partial charge in [0.1, 0.15) is 0 Å². The molecule has 1 aliphatic carbocycles. The number of carboxylic acids is 1. The lowest BCUT2D eigenvalue weighted by molar-refractivity contribution is -0.168. The quantitative estimate of drug-likeness (QED) is 0.849. The number of carbonyl (C=O) groups is 1. The molecule has 6 heteroatoms. The van der Waals surface area contributed by atoms with Crippen molar-refractivity contribution in [3.63, 3.8) is 0 Å². The highest BCUT2D eigenvalue weighted by Gasteiger charge is 2.65. The smallest absolute Gasteiger partial charge is 0.398 e. The largest absolute Gasteiger partial charge is 0.478 e. The van der Waals surface area contributed by atoms with E-state index >= 15 is 0 Å². The minimum absolute atomic E-state index is 0.0851. The first-order chi connectivity index (χ1) is 8.76. The predicted octanol–water partition coefficient (Wildman–Crippen LogP) is 4.15. The number of halogens is 4. The molecule has 19 heavy (non-hydrogen) atoms. The van der Waals surface area contributed by atoms with Gasteiger partial charge in [-0.3, -0.25) is 0 Å². The van der Waals surface area contributed by atoms with Gasteiger partial charge in [0, 0.05) is 11.1 Å². The third-order valence-electron chi connectivity index (χ3n) is 3.23. The minimum Gasteiger partial charge on any atom is -0.478 e. The van der Waals surface area contributed by atoms with Gasteiger partial charge >= 0.3 is 12.1 Å². The Morgan fingerprint density at radius 1 is 1.26 bits per heavy atom. The second-order valence-electron chi connectivity index (χ2n) is 4.48. The van der Waals surface area contributed by atoms with E-state index in [4.69, 9.17) is 16.7 Å². The lowest BCUT2D eigenvalue weighted by Gasteiger charge is -2.22. The van der Waals surface area contributed by atoms with Gasteiger partial charge in [-0.15, -0.1) is 0 Å². The fraction of sp³-hybridized carbons (Fsp3) is 0.308. The van der Waals surface area contributed by atoms with Crippen LogP contribution in [0.15, 0.2) is 30.3 Å². The fourth-order valence-electron chi connectivity index (χ4n) is 2.08. The highest BCUT2D eigenvalue weighted by atomic mass is 35.5. The Hall–Kier alpha value is -1.49. The lowest BCUT2D eigenvalue weighted by Crippen LogP contribution is -2.26. The third-order valence-corrected chi connectivity index (χ3v) is 3.48. The second kappa shape index (κ2) is 4.56. The molecule has 0 heterocycles. The summed E-state index contributed by atoms with van der Waals surface area (Å²) in [5.74, 6) is -1.39. The van der Waals surface area contributed by atoms with Crippen molar-refractivity contribution in [2.45, 2.75) is 19.0 Å². The molecule has 2 rings (SSSR count). The highest BCUT2D eigenvalue weighted by molar-refractivity contribution is 6.30. The van der Waals surface area contributed by atoms with Gasteiger partial charge in [-0.25, -0.2) is 4.79 Å². The summed E-state index contributed by atoms with van der Waals surface area (Å²) in [7, 11) is 0. The van der Waals surface area contributed by atoms with Crippen molar-refractivity contribution in [2.24, 2.45) is 5.41 Å². The SMILES string of the molecule is O=C(O)/C=C(/c1ccc(Cl)cc1)C1(C(F)(F)F)CC1. The molecule has 1 aromatic rings. The molecule has 0 aliphatic heterocycles. The first-order valence-corrected chi connectivity index (χ1v) is 5.92. The summed E-state index contributed by atoms with van der Waals surface area (Å²) in [6.45, 7) is 0. The molecule has 102 valence electrons. The van der Waals surface area contributed by atoms with Crippen LogP contribution in [0.25, 0.3) is 5.57 Å². The summed E-state index contributed by atoms with van der Waals surface area (Å²) in [5, 5.41) is 9.17. The van der Waals surface area contributed by atoms with Gasteiger partial charge in [0.25, 0.3) is 0 Å². The summed E-state index contributed by atoms with van der Waals surface area (Å²) >= 11 is 5.68. The minimum atomic E-state index is -4.45. The van der Waals surface area contributed by atoms with Crippen LogP contribution in [0.2, 0.25) is 5.02 Å². The van der Waals surface area contributed by atoms with E-state index < -0.39 is 17.6 Å². The van der Waals surface area contributed by atoms with E-state index in [0.29, 0.717) is 11.1 Å². The molecule has 1 N–H and O–H groups in total. The van der Waals surface area contributed by atoms with Gasteiger partial charge in [0.2, 0.25) is 0 Å². The van der Waals surface area contributed by atoms with Crippen LogP contribution in [0.3, 0.4) is 0 Å². The number of rotatable bonds is 3. The Balaban J connectivity index is 2.50. The Kier molecular flexibility index (Phi) is 3.34. The molecule has 1 aromatic carbocycles. The maximum absolute atomic E-state index is 13.1. The molecule has 0 saturated heterocycles. The predicted molar refractivity (Wildman–Crippen MR) is 64.8 cm³/mol. The molecular weight excluding hydrogens is 281 g/mol. The van der Waals surface area contributed by atoms with E-state index in [2.05, 4.69) is 0 Å². The number of aliphatic carboxylic acids is 1. The number of alkyl halides is 3. The number of hydrogen-bond donors (Lipinski definition) is 1. The first-order valence-electron chi connectivity index (χ1n) is 5.54. The number of hydrogen-bond acceptors (Lipinski definition) is 1. The Morgan fingerprint density at radius 3 is 2.16 bits per heavy atom. The summed E-state index contributed by atoms with van der Waals surface area (Å²) in [6, 6.07) is 5.70. The standard InChI is InChI=1S/C13H10ClF3O2/c14-9-3-1-8(2-4-9)10(7-11(18)19)12(5-6-12)13(15,16)17/h1-4,7H,5-6H2,(H,18,19)/b10-7-. The van der Waals surface area contributed by atoms with Crippen molar-refractivity contribution in [3.8, 4) is 0 Å².